The molecular weight excluding hydrogens is 678 g/mol. The molecule has 1 fully saturated rings. The Bertz CT molecular complexity index is 1720. The topological polar surface area (TPSA) is 94.6 Å². The summed E-state index contributed by atoms with van der Waals surface area (Å²) in [5.74, 6) is -2.24. The van der Waals surface area contributed by atoms with Crippen LogP contribution in [0.3, 0.4) is 0 Å². The number of rotatable bonds is 12. The molecule has 9 nitrogen and oxygen atoms in total. The Hall–Kier alpha value is -3.61. The van der Waals surface area contributed by atoms with Gasteiger partial charge in [0.25, 0.3) is 0 Å². The highest BCUT2D eigenvalue weighted by Gasteiger charge is 2.36. The lowest BCUT2D eigenvalue weighted by Gasteiger charge is -2.39. The number of sulfonamides is 1. The van der Waals surface area contributed by atoms with Gasteiger partial charge in [-0.3, -0.25) is 0 Å². The van der Waals surface area contributed by atoms with E-state index in [4.69, 9.17) is 30.5 Å². The number of halogens is 3. The van der Waals surface area contributed by atoms with Gasteiger partial charge in [-0.1, -0.05) is 43.6 Å². The van der Waals surface area contributed by atoms with Gasteiger partial charge in [0.05, 0.1) is 20.8 Å². The molecule has 2 unspecified atom stereocenters. The summed E-state index contributed by atoms with van der Waals surface area (Å²) in [6.07, 6.45) is 0.102. The second kappa shape index (κ2) is 15.9. The number of hydrogen-bond donors (Lipinski definition) is 0. The summed E-state index contributed by atoms with van der Waals surface area (Å²) >= 11 is 6.11. The fourth-order valence-corrected chi connectivity index (χ4v) is 7.59. The maximum absolute atomic E-state index is 15.7. The number of methoxy groups -OCH3 is 2. The minimum atomic E-state index is -4.51. The molecule has 0 aliphatic carbocycles. The van der Waals surface area contributed by atoms with E-state index in [9.17, 15) is 13.2 Å². The average molecular weight is 723 g/mol. The lowest BCUT2D eigenvalue weighted by atomic mass is 9.81. The largest absolute Gasteiger partial charge is 0.497 e. The van der Waals surface area contributed by atoms with Gasteiger partial charge in [0, 0.05) is 60.9 Å². The maximum Gasteiger partial charge on any atom is 0.410 e. The monoisotopic (exact) mass is 722 g/mol. The number of amides is 1. The first kappa shape index (κ1) is 38.2. The molecule has 0 spiro atoms. The highest BCUT2D eigenvalue weighted by molar-refractivity contribution is 7.89. The molecule has 268 valence electrons. The second-order valence-corrected chi connectivity index (χ2v) is 15.9. The molecule has 1 saturated heterocycles. The van der Waals surface area contributed by atoms with Crippen molar-refractivity contribution in [2.24, 2.45) is 11.8 Å². The van der Waals surface area contributed by atoms with Crippen LogP contribution in [-0.4, -0.2) is 69.8 Å². The SMILES string of the molecule is COc1ccc(CN(CC(C)C)S(=O)(=O)c2cc(F)c(OCC3CN(C(=O)OC(C)(C)C)CCC3c3ccc(Cl)cc3)cc2F)c(OC)c1. The smallest absolute Gasteiger partial charge is 0.410 e. The maximum atomic E-state index is 15.7. The third-order valence-corrected chi connectivity index (χ3v) is 10.2. The molecule has 0 N–H and O–H groups in total. The zero-order chi connectivity index (χ0) is 36.1. The molecule has 3 aromatic carbocycles. The van der Waals surface area contributed by atoms with Crippen molar-refractivity contribution < 1.29 is 40.9 Å². The fraction of sp³-hybridized carbons (Fsp3) is 0.472. The number of hydrogen-bond acceptors (Lipinski definition) is 7. The summed E-state index contributed by atoms with van der Waals surface area (Å²) in [5, 5.41) is 0.574. The number of likely N-dealkylation sites (tertiary alicyclic amines) is 1. The van der Waals surface area contributed by atoms with Crippen molar-refractivity contribution in [2.75, 3.05) is 40.5 Å². The van der Waals surface area contributed by atoms with Gasteiger partial charge in [-0.25, -0.2) is 22.0 Å². The van der Waals surface area contributed by atoms with Crippen LogP contribution in [0.4, 0.5) is 13.6 Å². The van der Waals surface area contributed by atoms with Crippen molar-refractivity contribution in [3.63, 3.8) is 0 Å². The summed E-state index contributed by atoms with van der Waals surface area (Å²) in [6, 6.07) is 13.7. The van der Waals surface area contributed by atoms with Gasteiger partial charge in [-0.05, 0) is 62.8 Å². The van der Waals surface area contributed by atoms with Crippen molar-refractivity contribution in [3.8, 4) is 17.2 Å². The summed E-state index contributed by atoms with van der Waals surface area (Å²) in [6.45, 7) is 9.50. The van der Waals surface area contributed by atoms with E-state index < -0.39 is 44.0 Å². The van der Waals surface area contributed by atoms with Crippen LogP contribution in [0.2, 0.25) is 5.02 Å². The Balaban J connectivity index is 1.59. The quantitative estimate of drug-likeness (QED) is 0.188. The molecule has 0 bridgehead atoms. The van der Waals surface area contributed by atoms with Crippen molar-refractivity contribution in [1.29, 1.82) is 0 Å². The molecule has 1 aliphatic heterocycles. The summed E-state index contributed by atoms with van der Waals surface area (Å²) < 4.78 is 82.2. The van der Waals surface area contributed by atoms with E-state index >= 15 is 8.78 Å². The van der Waals surface area contributed by atoms with Crippen LogP contribution in [0, 0.1) is 23.5 Å². The van der Waals surface area contributed by atoms with E-state index in [0.29, 0.717) is 41.1 Å². The van der Waals surface area contributed by atoms with E-state index in [2.05, 4.69) is 0 Å². The van der Waals surface area contributed by atoms with Crippen LogP contribution >= 0.6 is 11.6 Å². The van der Waals surface area contributed by atoms with Crippen molar-refractivity contribution >= 4 is 27.7 Å². The molecule has 1 heterocycles. The van der Waals surface area contributed by atoms with Crippen LogP contribution in [0.5, 0.6) is 17.2 Å². The molecule has 4 rings (SSSR count). The van der Waals surface area contributed by atoms with Gasteiger partial charge < -0.3 is 23.8 Å². The van der Waals surface area contributed by atoms with E-state index in [1.54, 1.807) is 56.0 Å². The summed E-state index contributed by atoms with van der Waals surface area (Å²) in [7, 11) is -1.56. The van der Waals surface area contributed by atoms with Gasteiger partial charge in [-0.2, -0.15) is 4.31 Å². The van der Waals surface area contributed by atoms with Crippen LogP contribution in [0.15, 0.2) is 59.5 Å². The lowest BCUT2D eigenvalue weighted by molar-refractivity contribution is 0.0110. The number of carbonyl (C=O) groups excluding carboxylic acids is 1. The zero-order valence-electron chi connectivity index (χ0n) is 29.0. The number of nitrogens with zero attached hydrogens (tertiary/aromatic N) is 2. The van der Waals surface area contributed by atoms with Gasteiger partial charge in [0.2, 0.25) is 10.0 Å². The third kappa shape index (κ3) is 9.76. The second-order valence-electron chi connectivity index (χ2n) is 13.5. The summed E-state index contributed by atoms with van der Waals surface area (Å²) in [5.41, 5.74) is 0.801. The van der Waals surface area contributed by atoms with Gasteiger partial charge in [-0.15, -0.1) is 0 Å². The number of ether oxygens (including phenoxy) is 4. The van der Waals surface area contributed by atoms with Crippen LogP contribution in [0.1, 0.15) is 58.1 Å². The molecule has 0 radical (unpaired) electrons. The Labute approximate surface area is 293 Å². The Kier molecular flexibility index (Phi) is 12.4. The molecule has 0 saturated carbocycles. The van der Waals surface area contributed by atoms with E-state index in [1.165, 1.54) is 14.2 Å². The highest BCUT2D eigenvalue weighted by Crippen LogP contribution is 2.36. The standard InChI is InChI=1S/C36H45ClF2N2O7S/c1-23(2)19-41(21-25-10-13-28(45-6)16-32(25)46-7)49(43,44)34-18-30(38)33(17-31(34)39)47-22-26-20-40(35(42)48-36(3,4)5)15-14-29(26)24-8-11-27(37)12-9-24/h8-13,16-18,23,26,29H,14-15,19-22H2,1-7H3. The molecule has 1 amide bonds. The average Bonchev–Trinajstić information content (AvgIpc) is 3.04. The minimum absolute atomic E-state index is 0.0404. The summed E-state index contributed by atoms with van der Waals surface area (Å²) in [4.78, 5) is 13.7. The van der Waals surface area contributed by atoms with Gasteiger partial charge in [0.1, 0.15) is 27.8 Å². The first-order chi connectivity index (χ1) is 23.0. The van der Waals surface area contributed by atoms with Crippen LogP contribution < -0.4 is 14.2 Å². The van der Waals surface area contributed by atoms with Crippen molar-refractivity contribution in [1.82, 2.24) is 9.21 Å². The molecule has 3 aromatic rings. The molecule has 49 heavy (non-hydrogen) atoms. The lowest BCUT2D eigenvalue weighted by Crippen LogP contribution is -2.46. The predicted octanol–water partition coefficient (Wildman–Crippen LogP) is 7.90. The molecule has 1 aliphatic rings. The molecule has 0 aromatic heterocycles. The van der Waals surface area contributed by atoms with Crippen molar-refractivity contribution in [3.05, 3.63) is 82.4 Å². The zero-order valence-corrected chi connectivity index (χ0v) is 30.5. The Morgan fingerprint density at radius 2 is 1.69 bits per heavy atom. The van der Waals surface area contributed by atoms with Crippen LogP contribution in [0.25, 0.3) is 0 Å². The predicted molar refractivity (Wildman–Crippen MR) is 184 cm³/mol. The number of carbonyl (C=O) groups is 1. The van der Waals surface area contributed by atoms with E-state index in [-0.39, 0.29) is 44.0 Å². The van der Waals surface area contributed by atoms with Gasteiger partial charge >= 0.3 is 6.09 Å². The first-order valence-corrected chi connectivity index (χ1v) is 17.9. The van der Waals surface area contributed by atoms with E-state index in [0.717, 1.165) is 15.9 Å². The first-order valence-electron chi connectivity index (χ1n) is 16.1. The van der Waals surface area contributed by atoms with Gasteiger partial charge in [0.15, 0.2) is 11.6 Å². The molecule has 13 heteroatoms. The number of benzene rings is 3. The highest BCUT2D eigenvalue weighted by atomic mass is 35.5. The molecular formula is C36H45ClF2N2O7S. The Morgan fingerprint density at radius 3 is 2.31 bits per heavy atom. The minimum Gasteiger partial charge on any atom is -0.497 e. The Morgan fingerprint density at radius 1 is 1.00 bits per heavy atom. The van der Waals surface area contributed by atoms with Crippen LogP contribution in [-0.2, 0) is 21.3 Å². The van der Waals surface area contributed by atoms with Crippen molar-refractivity contribution in [2.45, 2.75) is 64.0 Å². The number of piperidine rings is 1. The molecule has 2 atom stereocenters. The van der Waals surface area contributed by atoms with E-state index in [1.807, 2.05) is 26.0 Å². The third-order valence-electron chi connectivity index (χ3n) is 8.15. The normalized spacial score (nSPS) is 16.9. The fourth-order valence-electron chi connectivity index (χ4n) is 5.82.